The van der Waals surface area contributed by atoms with Crippen LogP contribution in [0.3, 0.4) is 0 Å². The number of nitrogens with zero attached hydrogens (tertiary/aromatic N) is 2. The third-order valence-corrected chi connectivity index (χ3v) is 3.21. The third kappa shape index (κ3) is 3.64. The van der Waals surface area contributed by atoms with Gasteiger partial charge in [-0.15, -0.1) is 0 Å². The lowest BCUT2D eigenvalue weighted by atomic mass is 10.0. The summed E-state index contributed by atoms with van der Waals surface area (Å²) in [4.78, 5) is 0. The van der Waals surface area contributed by atoms with Crippen molar-refractivity contribution in [3.8, 4) is 0 Å². The first kappa shape index (κ1) is 13.7. The number of hydrogen-bond donors (Lipinski definition) is 1. The second-order valence-corrected chi connectivity index (χ2v) is 4.71. The van der Waals surface area contributed by atoms with E-state index < -0.39 is 0 Å². The molecule has 0 aliphatic heterocycles. The Morgan fingerprint density at radius 3 is 2.68 bits per heavy atom. The minimum absolute atomic E-state index is 0.194. The Bertz CT molecular complexity index is 504. The molecule has 4 heteroatoms. The van der Waals surface area contributed by atoms with Gasteiger partial charge < -0.3 is 5.32 Å². The van der Waals surface area contributed by atoms with Gasteiger partial charge in [-0.05, 0) is 37.6 Å². The first-order valence-corrected chi connectivity index (χ1v) is 6.67. The Kier molecular flexibility index (Phi) is 4.68. The van der Waals surface area contributed by atoms with Crippen molar-refractivity contribution < 1.29 is 4.39 Å². The molecule has 1 N–H and O–H groups in total. The fourth-order valence-corrected chi connectivity index (χ4v) is 2.15. The molecule has 0 saturated carbocycles. The van der Waals surface area contributed by atoms with Gasteiger partial charge >= 0.3 is 0 Å². The van der Waals surface area contributed by atoms with Gasteiger partial charge in [-0.2, -0.15) is 5.10 Å². The van der Waals surface area contributed by atoms with Crippen LogP contribution in [0.4, 0.5) is 4.39 Å². The van der Waals surface area contributed by atoms with E-state index in [1.807, 2.05) is 30.1 Å². The number of aryl methyl sites for hydroxylation is 1. The fraction of sp³-hybridized carbons (Fsp3) is 0.400. The van der Waals surface area contributed by atoms with Crippen molar-refractivity contribution >= 4 is 0 Å². The molecule has 0 aliphatic rings. The van der Waals surface area contributed by atoms with Crippen molar-refractivity contribution in [2.75, 3.05) is 7.05 Å². The molecule has 1 atom stereocenters. The molecule has 2 rings (SSSR count). The summed E-state index contributed by atoms with van der Waals surface area (Å²) in [6, 6.07) is 6.87. The third-order valence-electron chi connectivity index (χ3n) is 3.21. The van der Waals surface area contributed by atoms with E-state index >= 15 is 0 Å². The van der Waals surface area contributed by atoms with Crippen molar-refractivity contribution in [2.45, 2.75) is 32.4 Å². The topological polar surface area (TPSA) is 29.9 Å². The Labute approximate surface area is 113 Å². The van der Waals surface area contributed by atoms with Crippen LogP contribution in [0.25, 0.3) is 0 Å². The van der Waals surface area contributed by atoms with Crippen LogP contribution in [-0.4, -0.2) is 16.8 Å². The summed E-state index contributed by atoms with van der Waals surface area (Å²) in [5.74, 6) is -0.194. The van der Waals surface area contributed by atoms with Crippen LogP contribution in [0.5, 0.6) is 0 Å². The number of rotatable bonds is 6. The van der Waals surface area contributed by atoms with Crippen LogP contribution in [0, 0.1) is 5.82 Å². The molecule has 0 radical (unpaired) electrons. The minimum Gasteiger partial charge on any atom is -0.313 e. The highest BCUT2D eigenvalue weighted by Gasteiger charge is 2.12. The Morgan fingerprint density at radius 2 is 2.05 bits per heavy atom. The van der Waals surface area contributed by atoms with Crippen LogP contribution in [0.1, 0.15) is 30.5 Å². The number of benzene rings is 1. The smallest absolute Gasteiger partial charge is 0.123 e. The average molecular weight is 261 g/mol. The molecule has 1 aromatic carbocycles. The number of aromatic nitrogens is 2. The van der Waals surface area contributed by atoms with Crippen molar-refractivity contribution in [1.82, 2.24) is 15.1 Å². The zero-order valence-corrected chi connectivity index (χ0v) is 11.4. The van der Waals surface area contributed by atoms with Gasteiger partial charge in [-0.1, -0.05) is 19.1 Å². The molecule has 19 heavy (non-hydrogen) atoms. The molecule has 0 aliphatic carbocycles. The fourth-order valence-electron chi connectivity index (χ4n) is 2.15. The normalized spacial score (nSPS) is 12.6. The molecule has 0 spiro atoms. The highest BCUT2D eigenvalue weighted by atomic mass is 19.1. The molecule has 0 amide bonds. The summed E-state index contributed by atoms with van der Waals surface area (Å²) in [7, 11) is 1.94. The number of likely N-dealkylation sites (N-methyl/N-ethyl adjacent to an activating group) is 1. The SMILES string of the molecule is CCCn1cc(C(Cc2ccc(F)cc2)NC)cn1. The summed E-state index contributed by atoms with van der Waals surface area (Å²) in [6.45, 7) is 3.07. The van der Waals surface area contributed by atoms with Crippen molar-refractivity contribution in [2.24, 2.45) is 0 Å². The van der Waals surface area contributed by atoms with Crippen molar-refractivity contribution in [3.05, 3.63) is 53.6 Å². The Morgan fingerprint density at radius 1 is 1.32 bits per heavy atom. The molecule has 0 saturated heterocycles. The quantitative estimate of drug-likeness (QED) is 0.866. The molecule has 3 nitrogen and oxygen atoms in total. The summed E-state index contributed by atoms with van der Waals surface area (Å²) >= 11 is 0. The zero-order chi connectivity index (χ0) is 13.7. The predicted molar refractivity (Wildman–Crippen MR) is 74.4 cm³/mol. The van der Waals surface area contributed by atoms with Gasteiger partial charge in [0.2, 0.25) is 0 Å². The predicted octanol–water partition coefficient (Wildman–Crippen LogP) is 2.94. The molecule has 102 valence electrons. The molecule has 1 unspecified atom stereocenters. The van der Waals surface area contributed by atoms with Gasteiger partial charge in [-0.25, -0.2) is 4.39 Å². The molecule has 0 fully saturated rings. The van der Waals surface area contributed by atoms with E-state index in [1.165, 1.54) is 17.7 Å². The highest BCUT2D eigenvalue weighted by Crippen LogP contribution is 2.18. The Hall–Kier alpha value is -1.68. The van der Waals surface area contributed by atoms with Gasteiger partial charge in [0.25, 0.3) is 0 Å². The lowest BCUT2D eigenvalue weighted by Gasteiger charge is -2.14. The van der Waals surface area contributed by atoms with E-state index in [-0.39, 0.29) is 11.9 Å². The van der Waals surface area contributed by atoms with Crippen molar-refractivity contribution in [1.29, 1.82) is 0 Å². The number of nitrogens with one attached hydrogen (secondary N) is 1. The van der Waals surface area contributed by atoms with E-state index in [9.17, 15) is 4.39 Å². The van der Waals surface area contributed by atoms with Crippen molar-refractivity contribution in [3.63, 3.8) is 0 Å². The molecule has 2 aromatic rings. The summed E-state index contributed by atoms with van der Waals surface area (Å²) < 4.78 is 14.9. The highest BCUT2D eigenvalue weighted by molar-refractivity contribution is 5.21. The van der Waals surface area contributed by atoms with Gasteiger partial charge in [0.15, 0.2) is 0 Å². The summed E-state index contributed by atoms with van der Waals surface area (Å²) in [6.07, 6.45) is 5.88. The van der Waals surface area contributed by atoms with E-state index in [0.29, 0.717) is 0 Å². The number of hydrogen-bond acceptors (Lipinski definition) is 2. The monoisotopic (exact) mass is 261 g/mol. The largest absolute Gasteiger partial charge is 0.313 e. The first-order chi connectivity index (χ1) is 9.22. The van der Waals surface area contributed by atoms with E-state index in [1.54, 1.807) is 0 Å². The summed E-state index contributed by atoms with van der Waals surface area (Å²) in [5, 5.41) is 7.64. The maximum Gasteiger partial charge on any atom is 0.123 e. The van der Waals surface area contributed by atoms with E-state index in [0.717, 1.165) is 24.9 Å². The molecule has 1 heterocycles. The molecular formula is C15H20FN3. The lowest BCUT2D eigenvalue weighted by Crippen LogP contribution is -2.18. The van der Waals surface area contributed by atoms with Crippen LogP contribution >= 0.6 is 0 Å². The first-order valence-electron chi connectivity index (χ1n) is 6.67. The molecule has 1 aromatic heterocycles. The standard InChI is InChI=1S/C15H20FN3/c1-3-8-19-11-13(10-18-19)15(17-2)9-12-4-6-14(16)7-5-12/h4-7,10-11,15,17H,3,8-9H2,1-2H3. The minimum atomic E-state index is -0.194. The summed E-state index contributed by atoms with van der Waals surface area (Å²) in [5.41, 5.74) is 2.28. The van der Waals surface area contributed by atoms with Crippen LogP contribution < -0.4 is 5.32 Å². The van der Waals surface area contributed by atoms with Gasteiger partial charge in [-0.3, -0.25) is 4.68 Å². The van der Waals surface area contributed by atoms with Crippen LogP contribution in [-0.2, 0) is 13.0 Å². The Balaban J connectivity index is 2.08. The average Bonchev–Trinajstić information content (AvgIpc) is 2.87. The second-order valence-electron chi connectivity index (χ2n) is 4.71. The van der Waals surface area contributed by atoms with Gasteiger partial charge in [0.1, 0.15) is 5.82 Å². The molecular weight excluding hydrogens is 241 g/mol. The maximum absolute atomic E-state index is 12.9. The lowest BCUT2D eigenvalue weighted by molar-refractivity contribution is 0.580. The van der Waals surface area contributed by atoms with Crippen LogP contribution in [0.2, 0.25) is 0 Å². The zero-order valence-electron chi connectivity index (χ0n) is 11.4. The van der Waals surface area contributed by atoms with Gasteiger partial charge in [0.05, 0.1) is 6.20 Å². The second kappa shape index (κ2) is 6.48. The van der Waals surface area contributed by atoms with Crippen LogP contribution in [0.15, 0.2) is 36.7 Å². The number of halogens is 1. The van der Waals surface area contributed by atoms with E-state index in [2.05, 4.69) is 23.5 Å². The van der Waals surface area contributed by atoms with Gasteiger partial charge in [0, 0.05) is 24.3 Å². The van der Waals surface area contributed by atoms with E-state index in [4.69, 9.17) is 0 Å². The molecule has 0 bridgehead atoms. The maximum atomic E-state index is 12.9.